The Morgan fingerprint density at radius 2 is 2.19 bits per heavy atom. The second-order valence-electron chi connectivity index (χ2n) is 6.39. The predicted octanol–water partition coefficient (Wildman–Crippen LogP) is 2.21. The van der Waals surface area contributed by atoms with Crippen LogP contribution in [0.5, 0.6) is 5.75 Å². The summed E-state index contributed by atoms with van der Waals surface area (Å²) in [5.41, 5.74) is 0.0987. The molecule has 2 rings (SSSR count). The Kier molecular flexibility index (Phi) is 7.12. The van der Waals surface area contributed by atoms with Crippen molar-refractivity contribution in [2.24, 2.45) is 5.92 Å². The van der Waals surface area contributed by atoms with Crippen LogP contribution in [0, 0.1) is 16.0 Å². The molecule has 0 bridgehead atoms. The summed E-state index contributed by atoms with van der Waals surface area (Å²) < 4.78 is 10.3. The van der Waals surface area contributed by atoms with Crippen molar-refractivity contribution in [3.63, 3.8) is 0 Å². The Morgan fingerprint density at radius 3 is 2.81 bits per heavy atom. The third-order valence-corrected chi connectivity index (χ3v) is 4.65. The normalized spacial score (nSPS) is 18.4. The molecule has 0 aromatic heterocycles. The minimum atomic E-state index is -0.535. The molecule has 2 atom stereocenters. The SMILES string of the molecule is CCOC(=O)C1CCCN(C(C)C(=O)Nc2cc([N+](=O)[O-])ccc2OC)C1. The number of nitro benzene ring substituents is 1. The van der Waals surface area contributed by atoms with Gasteiger partial charge in [0, 0.05) is 18.7 Å². The van der Waals surface area contributed by atoms with Crippen LogP contribution in [-0.2, 0) is 14.3 Å². The molecule has 148 valence electrons. The highest BCUT2D eigenvalue weighted by Crippen LogP contribution is 2.29. The largest absolute Gasteiger partial charge is 0.495 e. The second kappa shape index (κ2) is 9.31. The van der Waals surface area contributed by atoms with Gasteiger partial charge in [-0.1, -0.05) is 0 Å². The molecule has 1 saturated heterocycles. The van der Waals surface area contributed by atoms with Crippen molar-refractivity contribution in [1.29, 1.82) is 0 Å². The maximum Gasteiger partial charge on any atom is 0.310 e. The zero-order valence-electron chi connectivity index (χ0n) is 15.8. The van der Waals surface area contributed by atoms with Crippen molar-refractivity contribution in [3.05, 3.63) is 28.3 Å². The van der Waals surface area contributed by atoms with Gasteiger partial charge in [-0.25, -0.2) is 0 Å². The molecule has 1 aromatic carbocycles. The van der Waals surface area contributed by atoms with Crippen molar-refractivity contribution in [3.8, 4) is 5.75 Å². The van der Waals surface area contributed by atoms with Crippen LogP contribution in [0.1, 0.15) is 26.7 Å². The van der Waals surface area contributed by atoms with E-state index in [1.54, 1.807) is 13.8 Å². The number of nitrogens with one attached hydrogen (secondary N) is 1. The zero-order valence-corrected chi connectivity index (χ0v) is 15.8. The number of ether oxygens (including phenoxy) is 2. The molecule has 0 aliphatic carbocycles. The quantitative estimate of drug-likeness (QED) is 0.439. The molecule has 1 N–H and O–H groups in total. The summed E-state index contributed by atoms with van der Waals surface area (Å²) in [6.45, 7) is 4.97. The van der Waals surface area contributed by atoms with Crippen LogP contribution in [0.4, 0.5) is 11.4 Å². The Bertz CT molecular complexity index is 708. The van der Waals surface area contributed by atoms with Crippen molar-refractivity contribution in [2.45, 2.75) is 32.7 Å². The van der Waals surface area contributed by atoms with Gasteiger partial charge in [-0.15, -0.1) is 0 Å². The number of nitro groups is 1. The van der Waals surface area contributed by atoms with Gasteiger partial charge < -0.3 is 14.8 Å². The summed E-state index contributed by atoms with van der Waals surface area (Å²) in [6, 6.07) is 3.51. The number of hydrogen-bond donors (Lipinski definition) is 1. The Balaban J connectivity index is 2.08. The summed E-state index contributed by atoms with van der Waals surface area (Å²) in [4.78, 5) is 37.0. The van der Waals surface area contributed by atoms with Gasteiger partial charge in [0.25, 0.3) is 5.69 Å². The Labute approximate surface area is 157 Å². The van der Waals surface area contributed by atoms with Crippen LogP contribution in [0.3, 0.4) is 0 Å². The van der Waals surface area contributed by atoms with Crippen LogP contribution in [0.15, 0.2) is 18.2 Å². The van der Waals surface area contributed by atoms with E-state index < -0.39 is 11.0 Å². The van der Waals surface area contributed by atoms with E-state index in [9.17, 15) is 19.7 Å². The van der Waals surface area contributed by atoms with Crippen LogP contribution in [0.25, 0.3) is 0 Å². The fourth-order valence-corrected chi connectivity index (χ4v) is 3.12. The molecule has 0 saturated carbocycles. The summed E-state index contributed by atoms with van der Waals surface area (Å²) in [5.74, 6) is -0.473. The fraction of sp³-hybridized carbons (Fsp3) is 0.556. The summed E-state index contributed by atoms with van der Waals surface area (Å²) in [5, 5.41) is 13.7. The number of esters is 1. The number of benzene rings is 1. The average Bonchev–Trinajstić information content (AvgIpc) is 2.67. The molecule has 9 heteroatoms. The van der Waals surface area contributed by atoms with Crippen molar-refractivity contribution in [1.82, 2.24) is 4.90 Å². The number of piperidine rings is 1. The minimum Gasteiger partial charge on any atom is -0.495 e. The molecule has 1 amide bonds. The third-order valence-electron chi connectivity index (χ3n) is 4.65. The Morgan fingerprint density at radius 1 is 1.44 bits per heavy atom. The number of carbonyl (C=O) groups is 2. The van der Waals surface area contributed by atoms with Crippen LogP contribution in [-0.4, -0.2) is 54.5 Å². The maximum atomic E-state index is 12.7. The number of methoxy groups -OCH3 is 1. The first-order chi connectivity index (χ1) is 12.9. The lowest BCUT2D eigenvalue weighted by Gasteiger charge is -2.35. The van der Waals surface area contributed by atoms with Gasteiger partial charge in [0.2, 0.25) is 5.91 Å². The number of likely N-dealkylation sites (tertiary alicyclic amines) is 1. The molecular weight excluding hydrogens is 354 g/mol. The maximum absolute atomic E-state index is 12.7. The molecule has 0 spiro atoms. The van der Waals surface area contributed by atoms with Crippen LogP contribution in [0.2, 0.25) is 0 Å². The molecular formula is C18H25N3O6. The number of non-ortho nitro benzene ring substituents is 1. The topological polar surface area (TPSA) is 111 Å². The first-order valence-corrected chi connectivity index (χ1v) is 8.91. The van der Waals surface area contributed by atoms with Gasteiger partial charge in [0.15, 0.2) is 0 Å². The number of hydrogen-bond acceptors (Lipinski definition) is 7. The standard InChI is InChI=1S/C18H25N3O6/c1-4-27-18(23)13-6-5-9-20(11-13)12(2)17(22)19-15-10-14(21(24)25)7-8-16(15)26-3/h7-8,10,12-13H,4-6,9,11H2,1-3H3,(H,19,22). The molecule has 1 fully saturated rings. The summed E-state index contributed by atoms with van der Waals surface area (Å²) >= 11 is 0. The van der Waals surface area contributed by atoms with Gasteiger partial charge >= 0.3 is 5.97 Å². The van der Waals surface area contributed by atoms with E-state index in [2.05, 4.69) is 5.32 Å². The minimum absolute atomic E-state index is 0.140. The first-order valence-electron chi connectivity index (χ1n) is 8.91. The molecule has 1 aromatic rings. The van der Waals surface area contributed by atoms with Gasteiger partial charge in [0.05, 0.1) is 36.3 Å². The lowest BCUT2D eigenvalue weighted by atomic mass is 9.97. The van der Waals surface area contributed by atoms with Crippen molar-refractivity contribution < 1.29 is 24.0 Å². The third kappa shape index (κ3) is 5.16. The Hall–Kier alpha value is -2.68. The predicted molar refractivity (Wildman–Crippen MR) is 98.7 cm³/mol. The molecule has 27 heavy (non-hydrogen) atoms. The fourth-order valence-electron chi connectivity index (χ4n) is 3.12. The molecule has 0 radical (unpaired) electrons. The molecule has 9 nitrogen and oxygen atoms in total. The highest BCUT2D eigenvalue weighted by molar-refractivity contribution is 5.96. The van der Waals surface area contributed by atoms with Gasteiger partial charge in [-0.05, 0) is 39.3 Å². The van der Waals surface area contributed by atoms with Crippen molar-refractivity contribution in [2.75, 3.05) is 32.1 Å². The monoisotopic (exact) mass is 379 g/mol. The molecule has 1 aliphatic heterocycles. The number of anilines is 1. The number of carbonyl (C=O) groups excluding carboxylic acids is 2. The molecule has 1 heterocycles. The van der Waals surface area contributed by atoms with E-state index in [4.69, 9.17) is 9.47 Å². The lowest BCUT2D eigenvalue weighted by Crippen LogP contribution is -2.48. The highest BCUT2D eigenvalue weighted by Gasteiger charge is 2.32. The van der Waals surface area contributed by atoms with E-state index in [0.717, 1.165) is 12.8 Å². The number of rotatable bonds is 7. The van der Waals surface area contributed by atoms with E-state index in [1.807, 2.05) is 4.90 Å². The van der Waals surface area contributed by atoms with Crippen molar-refractivity contribution >= 4 is 23.3 Å². The van der Waals surface area contributed by atoms with E-state index in [-0.39, 0.29) is 29.2 Å². The number of nitrogens with zero attached hydrogens (tertiary/aromatic N) is 2. The van der Waals surface area contributed by atoms with Gasteiger partial charge in [-0.2, -0.15) is 0 Å². The lowest BCUT2D eigenvalue weighted by molar-refractivity contribution is -0.384. The van der Waals surface area contributed by atoms with E-state index >= 15 is 0 Å². The van der Waals surface area contributed by atoms with Gasteiger partial charge in [0.1, 0.15) is 5.75 Å². The van der Waals surface area contributed by atoms with E-state index in [0.29, 0.717) is 25.4 Å². The second-order valence-corrected chi connectivity index (χ2v) is 6.39. The summed E-state index contributed by atoms with van der Waals surface area (Å²) in [7, 11) is 1.43. The van der Waals surface area contributed by atoms with E-state index in [1.165, 1.54) is 25.3 Å². The van der Waals surface area contributed by atoms with Crippen LogP contribution >= 0.6 is 0 Å². The highest BCUT2D eigenvalue weighted by atomic mass is 16.6. The first kappa shape index (κ1) is 20.6. The average molecular weight is 379 g/mol. The zero-order chi connectivity index (χ0) is 20.0. The number of amides is 1. The molecule has 1 aliphatic rings. The summed E-state index contributed by atoms with van der Waals surface area (Å²) in [6.07, 6.45) is 1.53. The molecule has 2 unspecified atom stereocenters. The smallest absolute Gasteiger partial charge is 0.310 e. The van der Waals surface area contributed by atoms with Crippen LogP contribution < -0.4 is 10.1 Å². The van der Waals surface area contributed by atoms with Gasteiger partial charge in [-0.3, -0.25) is 24.6 Å².